The normalized spacial score (nSPS) is 14.5. The number of hydrogen-bond donors (Lipinski definition) is 0. The molecular formula is C29H32FN7OS. The van der Waals surface area contributed by atoms with Crippen molar-refractivity contribution in [3.63, 3.8) is 0 Å². The van der Waals surface area contributed by atoms with Crippen molar-refractivity contribution in [2.75, 3.05) is 45.7 Å². The van der Waals surface area contributed by atoms with Gasteiger partial charge in [0.2, 0.25) is 5.91 Å². The van der Waals surface area contributed by atoms with Crippen LogP contribution in [0.3, 0.4) is 0 Å². The molecule has 1 fully saturated rings. The fraction of sp³-hybridized carbons (Fsp3) is 0.379. The van der Waals surface area contributed by atoms with Crippen molar-refractivity contribution in [2.45, 2.75) is 32.1 Å². The predicted molar refractivity (Wildman–Crippen MR) is 152 cm³/mol. The molecule has 0 aliphatic carbocycles. The zero-order valence-corrected chi connectivity index (χ0v) is 23.5. The number of pyridine rings is 1. The van der Waals surface area contributed by atoms with Gasteiger partial charge in [0.05, 0.1) is 29.6 Å². The molecule has 0 atom stereocenters. The molecule has 0 unspecified atom stereocenters. The third-order valence-corrected chi connectivity index (χ3v) is 8.33. The molecule has 5 rings (SSSR count). The average molecular weight is 546 g/mol. The molecule has 1 saturated heterocycles. The van der Waals surface area contributed by atoms with Crippen LogP contribution < -0.4 is 4.90 Å². The Kier molecular flexibility index (Phi) is 7.64. The van der Waals surface area contributed by atoms with Crippen molar-refractivity contribution >= 4 is 33.8 Å². The Morgan fingerprint density at radius 1 is 1.18 bits per heavy atom. The highest BCUT2D eigenvalue weighted by Gasteiger charge is 2.25. The minimum atomic E-state index is -0.440. The number of carbonyl (C=O) groups is 1. The standard InChI is InChI=1S/C29H32FN7OS/c1-5-24-28(35(4)29-33-25(18-39-29)23-8-7-22(30)14-21(23)15-31)37-16-20(6-9-26(37)32-24)19-10-12-36(13-11-19)17-27(38)34(2)3/h6-9,14,16,18-19H,5,10-13,17H2,1-4H3. The number of fused-ring (bicyclic) bond motifs is 1. The number of rotatable bonds is 7. The first-order chi connectivity index (χ1) is 18.8. The van der Waals surface area contributed by atoms with E-state index in [2.05, 4.69) is 40.6 Å². The summed E-state index contributed by atoms with van der Waals surface area (Å²) >= 11 is 1.48. The SMILES string of the molecule is CCc1nc2ccc(C3CCN(CC(=O)N(C)C)CC3)cn2c1N(C)c1nc(-c2ccc(F)cc2C#N)cs1. The van der Waals surface area contributed by atoms with Crippen molar-refractivity contribution in [3.8, 4) is 17.3 Å². The first-order valence-corrected chi connectivity index (χ1v) is 14.0. The van der Waals surface area contributed by atoms with Crippen molar-refractivity contribution in [1.82, 2.24) is 24.2 Å². The number of likely N-dealkylation sites (N-methyl/N-ethyl adjacent to an activating group) is 1. The Labute approximate surface area is 231 Å². The number of thiazole rings is 1. The van der Waals surface area contributed by atoms with Gasteiger partial charge in [0.1, 0.15) is 17.3 Å². The summed E-state index contributed by atoms with van der Waals surface area (Å²) in [4.78, 5) is 27.7. The van der Waals surface area contributed by atoms with Crippen LogP contribution in [-0.2, 0) is 11.2 Å². The summed E-state index contributed by atoms with van der Waals surface area (Å²) in [6.45, 7) is 4.36. The summed E-state index contributed by atoms with van der Waals surface area (Å²) in [6, 6.07) is 10.5. The van der Waals surface area contributed by atoms with E-state index < -0.39 is 5.82 Å². The molecule has 39 heavy (non-hydrogen) atoms. The van der Waals surface area contributed by atoms with Gasteiger partial charge in [0.25, 0.3) is 0 Å². The average Bonchev–Trinajstić information content (AvgIpc) is 3.57. The summed E-state index contributed by atoms with van der Waals surface area (Å²) in [5.74, 6) is 1.08. The van der Waals surface area contributed by atoms with Crippen molar-refractivity contribution in [3.05, 3.63) is 64.5 Å². The van der Waals surface area contributed by atoms with Crippen LogP contribution in [0.25, 0.3) is 16.9 Å². The second-order valence-corrected chi connectivity index (χ2v) is 11.0. The molecular weight excluding hydrogens is 513 g/mol. The summed E-state index contributed by atoms with van der Waals surface area (Å²) in [7, 11) is 5.58. The number of likely N-dealkylation sites (tertiary alicyclic amines) is 1. The van der Waals surface area contributed by atoms with Gasteiger partial charge < -0.3 is 9.80 Å². The number of hydrogen-bond acceptors (Lipinski definition) is 7. The van der Waals surface area contributed by atoms with Crippen LogP contribution in [0.4, 0.5) is 15.3 Å². The molecule has 1 amide bonds. The van der Waals surface area contributed by atoms with Gasteiger partial charge in [-0.3, -0.25) is 14.1 Å². The third kappa shape index (κ3) is 5.37. The van der Waals surface area contributed by atoms with Crippen molar-refractivity contribution < 1.29 is 9.18 Å². The molecule has 3 aromatic heterocycles. The lowest BCUT2D eigenvalue weighted by molar-refractivity contribution is -0.130. The van der Waals surface area contributed by atoms with E-state index >= 15 is 0 Å². The molecule has 10 heteroatoms. The first-order valence-electron chi connectivity index (χ1n) is 13.1. The number of aryl methyl sites for hydroxylation is 1. The van der Waals surface area contributed by atoms with Crippen LogP contribution in [0, 0.1) is 17.1 Å². The number of anilines is 2. The highest BCUT2D eigenvalue weighted by molar-refractivity contribution is 7.14. The Hall–Kier alpha value is -3.81. The molecule has 4 heterocycles. The molecule has 0 bridgehead atoms. The van der Waals surface area contributed by atoms with Gasteiger partial charge in [-0.1, -0.05) is 13.0 Å². The fourth-order valence-electron chi connectivity index (χ4n) is 5.15. The van der Waals surface area contributed by atoms with Crippen LogP contribution in [0.5, 0.6) is 0 Å². The van der Waals surface area contributed by atoms with Crippen molar-refractivity contribution in [2.24, 2.45) is 0 Å². The van der Waals surface area contributed by atoms with Crippen LogP contribution in [0.1, 0.15) is 42.5 Å². The second kappa shape index (κ2) is 11.1. The molecule has 0 spiro atoms. The van der Waals surface area contributed by atoms with Gasteiger partial charge in [-0.2, -0.15) is 5.26 Å². The summed E-state index contributed by atoms with van der Waals surface area (Å²) in [5.41, 5.74) is 4.65. The number of benzene rings is 1. The zero-order valence-electron chi connectivity index (χ0n) is 22.7. The summed E-state index contributed by atoms with van der Waals surface area (Å²) in [5, 5.41) is 12.1. The molecule has 8 nitrogen and oxygen atoms in total. The van der Waals surface area contributed by atoms with Crippen LogP contribution in [0.15, 0.2) is 41.9 Å². The summed E-state index contributed by atoms with van der Waals surface area (Å²) < 4.78 is 15.8. The quantitative estimate of drug-likeness (QED) is 0.323. The number of aromatic nitrogens is 3. The van der Waals surface area contributed by atoms with Gasteiger partial charge in [-0.15, -0.1) is 11.3 Å². The molecule has 202 valence electrons. The number of nitriles is 1. The third-order valence-electron chi connectivity index (χ3n) is 7.41. The van der Waals surface area contributed by atoms with E-state index in [1.807, 2.05) is 17.3 Å². The fourth-order valence-corrected chi connectivity index (χ4v) is 5.95. The Morgan fingerprint density at radius 3 is 2.64 bits per heavy atom. The monoisotopic (exact) mass is 545 g/mol. The minimum absolute atomic E-state index is 0.140. The maximum absolute atomic E-state index is 13.7. The zero-order chi connectivity index (χ0) is 27.7. The van der Waals surface area contributed by atoms with E-state index in [1.165, 1.54) is 29.0 Å². The summed E-state index contributed by atoms with van der Waals surface area (Å²) in [6.07, 6.45) is 4.97. The van der Waals surface area contributed by atoms with Crippen LogP contribution in [0.2, 0.25) is 0 Å². The van der Waals surface area contributed by atoms with Gasteiger partial charge in [0.15, 0.2) is 5.13 Å². The van der Waals surface area contributed by atoms with Gasteiger partial charge >= 0.3 is 0 Å². The van der Waals surface area contributed by atoms with E-state index in [4.69, 9.17) is 9.97 Å². The van der Waals surface area contributed by atoms with E-state index in [-0.39, 0.29) is 11.5 Å². The van der Waals surface area contributed by atoms with Crippen LogP contribution >= 0.6 is 11.3 Å². The second-order valence-electron chi connectivity index (χ2n) is 10.1. The van der Waals surface area contributed by atoms with E-state index in [0.717, 1.165) is 54.6 Å². The largest absolute Gasteiger partial charge is 0.348 e. The minimum Gasteiger partial charge on any atom is -0.348 e. The highest BCUT2D eigenvalue weighted by atomic mass is 32.1. The number of nitrogens with zero attached hydrogens (tertiary/aromatic N) is 7. The highest BCUT2D eigenvalue weighted by Crippen LogP contribution is 2.36. The van der Waals surface area contributed by atoms with Gasteiger partial charge in [-0.05, 0) is 68.1 Å². The van der Waals surface area contributed by atoms with Gasteiger partial charge in [0, 0.05) is 38.3 Å². The van der Waals surface area contributed by atoms with E-state index in [0.29, 0.717) is 23.7 Å². The van der Waals surface area contributed by atoms with Crippen LogP contribution in [-0.4, -0.2) is 70.9 Å². The number of carbonyl (C=O) groups excluding carboxylic acids is 1. The molecule has 1 aliphatic rings. The molecule has 4 aromatic rings. The topological polar surface area (TPSA) is 80.8 Å². The lowest BCUT2D eigenvalue weighted by atomic mass is 9.90. The van der Waals surface area contributed by atoms with E-state index in [1.54, 1.807) is 25.1 Å². The molecule has 1 aromatic carbocycles. The number of halogens is 1. The number of amides is 1. The van der Waals surface area contributed by atoms with Gasteiger partial charge in [-0.25, -0.2) is 14.4 Å². The van der Waals surface area contributed by atoms with E-state index in [9.17, 15) is 14.4 Å². The number of imidazole rings is 1. The molecule has 0 radical (unpaired) electrons. The number of piperidine rings is 1. The molecule has 1 aliphatic heterocycles. The Morgan fingerprint density at radius 2 is 1.95 bits per heavy atom. The molecule has 0 N–H and O–H groups in total. The Bertz CT molecular complexity index is 1540. The predicted octanol–water partition coefficient (Wildman–Crippen LogP) is 5.07. The maximum atomic E-state index is 13.7. The molecule has 0 saturated carbocycles. The Balaban J connectivity index is 1.41. The lowest BCUT2D eigenvalue weighted by Crippen LogP contribution is -2.40. The smallest absolute Gasteiger partial charge is 0.236 e. The lowest BCUT2D eigenvalue weighted by Gasteiger charge is -2.32. The maximum Gasteiger partial charge on any atom is 0.236 e. The first kappa shape index (κ1) is 26.8. The van der Waals surface area contributed by atoms with Crippen molar-refractivity contribution in [1.29, 1.82) is 5.26 Å².